The number of allylic oxidation sites excluding steroid dienone is 1. The number of hydrogen-bond donors (Lipinski definition) is 0. The van der Waals surface area contributed by atoms with Gasteiger partial charge >= 0.3 is 5.97 Å². The van der Waals surface area contributed by atoms with Crippen molar-refractivity contribution in [3.63, 3.8) is 0 Å². The van der Waals surface area contributed by atoms with Gasteiger partial charge in [-0.05, 0) is 25.0 Å². The van der Waals surface area contributed by atoms with Gasteiger partial charge in [0.15, 0.2) is 6.10 Å². The first kappa shape index (κ1) is 13.1. The van der Waals surface area contributed by atoms with E-state index in [0.717, 1.165) is 12.0 Å². The topological polar surface area (TPSA) is 26.3 Å². The van der Waals surface area contributed by atoms with Gasteiger partial charge in [0.1, 0.15) is 0 Å². The maximum Gasteiger partial charge on any atom is 0.303 e. The number of rotatable bonds is 4. The molecule has 0 amide bonds. The Bertz CT molecular complexity index is 423. The van der Waals surface area contributed by atoms with Gasteiger partial charge in [0, 0.05) is 12.5 Å². The summed E-state index contributed by atoms with van der Waals surface area (Å²) in [6.45, 7) is 5.04. The molecule has 0 spiro atoms. The molecule has 1 atom stereocenters. The zero-order valence-corrected chi connectivity index (χ0v) is 9.98. The Kier molecular flexibility index (Phi) is 5.60. The van der Waals surface area contributed by atoms with E-state index >= 15 is 0 Å². The van der Waals surface area contributed by atoms with Gasteiger partial charge in [0.2, 0.25) is 0 Å². The van der Waals surface area contributed by atoms with Gasteiger partial charge in [0.25, 0.3) is 0 Å². The van der Waals surface area contributed by atoms with E-state index < -0.39 is 0 Å². The Morgan fingerprint density at radius 3 is 2.76 bits per heavy atom. The van der Waals surface area contributed by atoms with E-state index in [2.05, 4.69) is 18.4 Å². The average molecular weight is 228 g/mol. The minimum atomic E-state index is -0.356. The highest BCUT2D eigenvalue weighted by Gasteiger charge is 2.06. The van der Waals surface area contributed by atoms with Crippen molar-refractivity contribution in [1.29, 1.82) is 0 Å². The van der Waals surface area contributed by atoms with E-state index in [1.807, 2.05) is 30.3 Å². The molecule has 88 valence electrons. The number of carbonyl (C=O) groups excluding carboxylic acids is 1. The van der Waals surface area contributed by atoms with E-state index in [1.165, 1.54) is 6.92 Å². The first-order chi connectivity index (χ1) is 8.22. The fourth-order valence-electron chi connectivity index (χ4n) is 1.32. The Hall–Kier alpha value is -2.01. The molecule has 0 bridgehead atoms. The van der Waals surface area contributed by atoms with Crippen molar-refractivity contribution in [3.05, 3.63) is 48.6 Å². The van der Waals surface area contributed by atoms with E-state index in [0.29, 0.717) is 6.42 Å². The van der Waals surface area contributed by atoms with Crippen molar-refractivity contribution >= 4 is 5.97 Å². The van der Waals surface area contributed by atoms with Crippen molar-refractivity contribution in [1.82, 2.24) is 0 Å². The molecule has 2 nitrogen and oxygen atoms in total. The van der Waals surface area contributed by atoms with Gasteiger partial charge < -0.3 is 4.74 Å². The van der Waals surface area contributed by atoms with Crippen molar-refractivity contribution < 1.29 is 9.53 Å². The summed E-state index contributed by atoms with van der Waals surface area (Å²) in [4.78, 5) is 10.9. The highest BCUT2D eigenvalue weighted by molar-refractivity contribution is 5.66. The van der Waals surface area contributed by atoms with Gasteiger partial charge in [0.05, 0.1) is 0 Å². The lowest BCUT2D eigenvalue weighted by Gasteiger charge is -2.08. The quantitative estimate of drug-likeness (QED) is 0.450. The fourth-order valence-corrected chi connectivity index (χ4v) is 1.32. The van der Waals surface area contributed by atoms with Gasteiger partial charge in [-0.3, -0.25) is 4.79 Å². The van der Waals surface area contributed by atoms with Gasteiger partial charge in [-0.25, -0.2) is 0 Å². The predicted octanol–water partition coefficient (Wildman–Crippen LogP) is 2.94. The Balaban J connectivity index is 2.68. The van der Waals surface area contributed by atoms with Crippen molar-refractivity contribution in [3.8, 4) is 11.8 Å². The summed E-state index contributed by atoms with van der Waals surface area (Å²) in [5.74, 6) is 5.65. The average Bonchev–Trinajstić information content (AvgIpc) is 2.33. The molecule has 0 aromatic heterocycles. The summed E-state index contributed by atoms with van der Waals surface area (Å²) in [7, 11) is 0. The van der Waals surface area contributed by atoms with Gasteiger partial charge in [-0.1, -0.05) is 36.1 Å². The van der Waals surface area contributed by atoms with E-state index in [4.69, 9.17) is 4.74 Å². The maximum absolute atomic E-state index is 10.9. The van der Waals surface area contributed by atoms with Gasteiger partial charge in [-0.2, -0.15) is 0 Å². The minimum absolute atomic E-state index is 0.304. The third-order valence-electron chi connectivity index (χ3n) is 2.09. The standard InChI is InChI=1S/C15H16O2/c1-3-4-10-15(17-13(2)16)12-11-14-8-6-5-7-9-14/h3,5-9,15H,1,4,10H2,2H3/t15-/m0/s1. The van der Waals surface area contributed by atoms with Crippen LogP contribution in [0.2, 0.25) is 0 Å². The minimum Gasteiger partial charge on any atom is -0.449 e. The molecule has 1 rings (SSSR count). The monoisotopic (exact) mass is 228 g/mol. The molecule has 0 fully saturated rings. The highest BCUT2D eigenvalue weighted by atomic mass is 16.5. The molecule has 0 aliphatic rings. The largest absolute Gasteiger partial charge is 0.449 e. The van der Waals surface area contributed by atoms with Crippen LogP contribution in [0.3, 0.4) is 0 Å². The SMILES string of the molecule is C=CCC[C@@H](C#Cc1ccccc1)OC(C)=O. The molecular formula is C15H16O2. The third-order valence-corrected chi connectivity index (χ3v) is 2.09. The fraction of sp³-hybridized carbons (Fsp3) is 0.267. The maximum atomic E-state index is 10.9. The molecule has 0 unspecified atom stereocenters. The number of hydrogen-bond acceptors (Lipinski definition) is 2. The van der Waals surface area contributed by atoms with Crippen LogP contribution in [0.5, 0.6) is 0 Å². The van der Waals surface area contributed by atoms with E-state index in [9.17, 15) is 4.79 Å². The molecule has 17 heavy (non-hydrogen) atoms. The lowest BCUT2D eigenvalue weighted by molar-refractivity contribution is -0.143. The Labute approximate surface area is 102 Å². The zero-order chi connectivity index (χ0) is 12.5. The molecule has 0 heterocycles. The molecule has 0 aliphatic carbocycles. The van der Waals surface area contributed by atoms with Crippen LogP contribution in [0, 0.1) is 11.8 Å². The summed E-state index contributed by atoms with van der Waals surface area (Å²) in [6.07, 6.45) is 2.90. The van der Waals surface area contributed by atoms with E-state index in [-0.39, 0.29) is 12.1 Å². The Morgan fingerprint density at radius 1 is 1.47 bits per heavy atom. The molecule has 2 heteroatoms. The van der Waals surface area contributed by atoms with Crippen LogP contribution >= 0.6 is 0 Å². The second-order valence-electron chi connectivity index (χ2n) is 3.60. The first-order valence-corrected chi connectivity index (χ1v) is 5.57. The summed E-state index contributed by atoms with van der Waals surface area (Å²) in [6, 6.07) is 9.63. The smallest absolute Gasteiger partial charge is 0.303 e. The number of ether oxygens (including phenoxy) is 1. The van der Waals surface area contributed by atoms with Crippen molar-refractivity contribution in [2.75, 3.05) is 0 Å². The second-order valence-corrected chi connectivity index (χ2v) is 3.60. The van der Waals surface area contributed by atoms with Crippen LogP contribution in [0.15, 0.2) is 43.0 Å². The summed E-state index contributed by atoms with van der Waals surface area (Å²) in [5.41, 5.74) is 0.920. The van der Waals surface area contributed by atoms with Crippen LogP contribution in [0.4, 0.5) is 0 Å². The van der Waals surface area contributed by atoms with Crippen molar-refractivity contribution in [2.45, 2.75) is 25.9 Å². The van der Waals surface area contributed by atoms with Crippen LogP contribution in [0.25, 0.3) is 0 Å². The molecule has 0 saturated heterocycles. The number of benzene rings is 1. The third kappa shape index (κ3) is 5.58. The lowest BCUT2D eigenvalue weighted by atomic mass is 10.1. The van der Waals surface area contributed by atoms with Crippen LogP contribution < -0.4 is 0 Å². The van der Waals surface area contributed by atoms with Crippen LogP contribution in [-0.4, -0.2) is 12.1 Å². The first-order valence-electron chi connectivity index (χ1n) is 5.57. The zero-order valence-electron chi connectivity index (χ0n) is 9.98. The van der Waals surface area contributed by atoms with E-state index in [1.54, 1.807) is 6.08 Å². The molecule has 0 radical (unpaired) electrons. The Morgan fingerprint density at radius 2 is 2.18 bits per heavy atom. The molecule has 0 aliphatic heterocycles. The molecule has 1 aromatic carbocycles. The van der Waals surface area contributed by atoms with Gasteiger partial charge in [-0.15, -0.1) is 6.58 Å². The number of esters is 1. The predicted molar refractivity (Wildman–Crippen MR) is 68.3 cm³/mol. The molecule has 1 aromatic rings. The second kappa shape index (κ2) is 7.29. The van der Waals surface area contributed by atoms with Crippen LogP contribution in [0.1, 0.15) is 25.3 Å². The molecule has 0 N–H and O–H groups in total. The normalized spacial score (nSPS) is 10.9. The summed E-state index contributed by atoms with van der Waals surface area (Å²) >= 11 is 0. The lowest BCUT2D eigenvalue weighted by Crippen LogP contribution is -2.13. The summed E-state index contributed by atoms with van der Waals surface area (Å²) < 4.78 is 5.11. The summed E-state index contributed by atoms with van der Waals surface area (Å²) in [5, 5.41) is 0. The van der Waals surface area contributed by atoms with Crippen molar-refractivity contribution in [2.24, 2.45) is 0 Å². The molecular weight excluding hydrogens is 212 g/mol. The molecule has 0 saturated carbocycles. The highest BCUT2D eigenvalue weighted by Crippen LogP contribution is 2.03. The number of carbonyl (C=O) groups is 1. The van der Waals surface area contributed by atoms with Crippen LogP contribution in [-0.2, 0) is 9.53 Å².